The number of benzene rings is 1. The van der Waals surface area contributed by atoms with E-state index in [-0.39, 0.29) is 23.9 Å². The number of β-lactam (4-membered cyclic amide) rings is 1. The van der Waals surface area contributed by atoms with Crippen LogP contribution in [0, 0.1) is 5.92 Å². The lowest BCUT2D eigenvalue weighted by Gasteiger charge is -2.30. The lowest BCUT2D eigenvalue weighted by molar-refractivity contribution is -0.135. The number of carbonyl (C=O) groups excluding carboxylic acids is 2. The van der Waals surface area contributed by atoms with E-state index in [1.165, 1.54) is 0 Å². The molecule has 2 rings (SSSR count). The van der Waals surface area contributed by atoms with Crippen LogP contribution in [-0.4, -0.2) is 24.5 Å². The molecule has 0 unspecified atom stereocenters. The Balaban J connectivity index is 1.95. The molecule has 1 aliphatic rings. The molecule has 0 saturated carbocycles. The molecule has 0 aliphatic carbocycles. The Kier molecular flexibility index (Phi) is 2.90. The van der Waals surface area contributed by atoms with Crippen molar-refractivity contribution in [3.8, 4) is 0 Å². The first-order valence-corrected chi connectivity index (χ1v) is 5.22. The van der Waals surface area contributed by atoms with Crippen molar-refractivity contribution in [2.75, 3.05) is 6.54 Å². The van der Waals surface area contributed by atoms with Gasteiger partial charge >= 0.3 is 5.97 Å². The van der Waals surface area contributed by atoms with Crippen molar-refractivity contribution in [2.24, 2.45) is 5.92 Å². The van der Waals surface area contributed by atoms with Crippen molar-refractivity contribution >= 4 is 11.9 Å². The number of ether oxygens (including phenoxy) is 1. The zero-order valence-electron chi connectivity index (χ0n) is 8.97. The van der Waals surface area contributed by atoms with Crippen molar-refractivity contribution in [3.05, 3.63) is 35.9 Å². The van der Waals surface area contributed by atoms with E-state index in [9.17, 15) is 9.59 Å². The van der Waals surface area contributed by atoms with Gasteiger partial charge in [-0.05, 0) is 19.1 Å². The number of amides is 1. The molecule has 1 aromatic carbocycles. The van der Waals surface area contributed by atoms with Crippen LogP contribution in [-0.2, 0) is 9.53 Å². The highest BCUT2D eigenvalue weighted by Gasteiger charge is 2.35. The molecule has 4 nitrogen and oxygen atoms in total. The number of carbonyl (C=O) groups is 2. The number of nitrogens with one attached hydrogen (secondary N) is 1. The summed E-state index contributed by atoms with van der Waals surface area (Å²) in [5, 5.41) is 2.62. The zero-order valence-corrected chi connectivity index (χ0v) is 8.97. The Bertz CT molecular complexity index is 402. The first kappa shape index (κ1) is 10.7. The quantitative estimate of drug-likeness (QED) is 0.609. The van der Waals surface area contributed by atoms with Crippen LogP contribution in [0.1, 0.15) is 17.3 Å². The van der Waals surface area contributed by atoms with Gasteiger partial charge in [0.25, 0.3) is 0 Å². The van der Waals surface area contributed by atoms with E-state index in [2.05, 4.69) is 5.32 Å². The van der Waals surface area contributed by atoms with E-state index < -0.39 is 0 Å². The second kappa shape index (κ2) is 4.35. The van der Waals surface area contributed by atoms with Crippen molar-refractivity contribution < 1.29 is 14.3 Å². The molecular weight excluding hydrogens is 206 g/mol. The molecule has 1 fully saturated rings. The summed E-state index contributed by atoms with van der Waals surface area (Å²) in [6.07, 6.45) is -0.374. The van der Waals surface area contributed by atoms with Crippen molar-refractivity contribution in [1.82, 2.24) is 5.32 Å². The molecule has 2 atom stereocenters. The van der Waals surface area contributed by atoms with E-state index in [1.807, 2.05) is 6.07 Å². The maximum absolute atomic E-state index is 11.7. The maximum atomic E-state index is 11.7. The molecule has 0 aromatic heterocycles. The average Bonchev–Trinajstić information content (AvgIpc) is 2.28. The third-order valence-electron chi connectivity index (χ3n) is 2.70. The van der Waals surface area contributed by atoms with Crippen molar-refractivity contribution in [1.29, 1.82) is 0 Å². The van der Waals surface area contributed by atoms with Crippen LogP contribution in [0.5, 0.6) is 0 Å². The van der Waals surface area contributed by atoms with Crippen LogP contribution >= 0.6 is 0 Å². The Hall–Kier alpha value is -1.84. The first-order valence-electron chi connectivity index (χ1n) is 5.22. The van der Waals surface area contributed by atoms with E-state index >= 15 is 0 Å². The van der Waals surface area contributed by atoms with Crippen LogP contribution in [0.15, 0.2) is 30.3 Å². The fraction of sp³-hybridized carbons (Fsp3) is 0.333. The molecule has 1 aromatic rings. The van der Waals surface area contributed by atoms with Gasteiger partial charge in [-0.2, -0.15) is 0 Å². The molecule has 1 N–H and O–H groups in total. The molecule has 84 valence electrons. The van der Waals surface area contributed by atoms with Gasteiger partial charge in [0.2, 0.25) is 5.91 Å². The molecule has 0 bridgehead atoms. The van der Waals surface area contributed by atoms with E-state index in [1.54, 1.807) is 31.2 Å². The summed E-state index contributed by atoms with van der Waals surface area (Å²) in [4.78, 5) is 22.7. The number of hydrogen-bond donors (Lipinski definition) is 1. The first-order chi connectivity index (χ1) is 7.68. The molecule has 1 aliphatic heterocycles. The zero-order chi connectivity index (χ0) is 11.5. The predicted molar refractivity (Wildman–Crippen MR) is 57.8 cm³/mol. The van der Waals surface area contributed by atoms with Crippen LogP contribution in [0.4, 0.5) is 0 Å². The van der Waals surface area contributed by atoms with Crippen molar-refractivity contribution in [3.63, 3.8) is 0 Å². The van der Waals surface area contributed by atoms with Gasteiger partial charge in [-0.25, -0.2) is 4.79 Å². The normalized spacial score (nSPS) is 20.6. The van der Waals surface area contributed by atoms with Gasteiger partial charge in [0.1, 0.15) is 6.10 Å². The highest BCUT2D eigenvalue weighted by atomic mass is 16.5. The fourth-order valence-electron chi connectivity index (χ4n) is 1.58. The Morgan fingerprint density at radius 3 is 2.62 bits per heavy atom. The molecular formula is C12H13NO3. The lowest BCUT2D eigenvalue weighted by atomic mass is 9.96. The number of esters is 1. The van der Waals surface area contributed by atoms with Crippen LogP contribution in [0.2, 0.25) is 0 Å². The van der Waals surface area contributed by atoms with Gasteiger partial charge in [-0.1, -0.05) is 18.2 Å². The Morgan fingerprint density at radius 1 is 1.44 bits per heavy atom. The third kappa shape index (κ3) is 2.05. The molecule has 4 heteroatoms. The van der Waals surface area contributed by atoms with Gasteiger partial charge in [0, 0.05) is 6.54 Å². The monoisotopic (exact) mass is 219 g/mol. The highest BCUT2D eigenvalue weighted by molar-refractivity contribution is 5.90. The van der Waals surface area contributed by atoms with Gasteiger partial charge in [-0.15, -0.1) is 0 Å². The lowest BCUT2D eigenvalue weighted by Crippen LogP contribution is -2.54. The minimum atomic E-state index is -0.382. The van der Waals surface area contributed by atoms with E-state index in [0.717, 1.165) is 0 Å². The summed E-state index contributed by atoms with van der Waals surface area (Å²) < 4.78 is 5.21. The molecule has 1 heterocycles. The summed E-state index contributed by atoms with van der Waals surface area (Å²) in [6.45, 7) is 2.33. The summed E-state index contributed by atoms with van der Waals surface area (Å²) in [5.74, 6) is -0.631. The van der Waals surface area contributed by atoms with Crippen LogP contribution in [0.25, 0.3) is 0 Å². The SMILES string of the molecule is C[C@@H](OC(=O)c1ccccc1)[C@@H]1CNC1=O. The maximum Gasteiger partial charge on any atom is 0.338 e. The second-order valence-electron chi connectivity index (χ2n) is 3.83. The fourth-order valence-corrected chi connectivity index (χ4v) is 1.58. The smallest absolute Gasteiger partial charge is 0.338 e. The van der Waals surface area contributed by atoms with Crippen LogP contribution < -0.4 is 5.32 Å². The van der Waals surface area contributed by atoms with Gasteiger partial charge in [-0.3, -0.25) is 4.79 Å². The molecule has 1 amide bonds. The van der Waals surface area contributed by atoms with Crippen molar-refractivity contribution in [2.45, 2.75) is 13.0 Å². The Labute approximate surface area is 93.6 Å². The standard InChI is InChI=1S/C12H13NO3/c1-8(10-7-13-11(10)14)16-12(15)9-5-3-2-4-6-9/h2-6,8,10H,7H2,1H3,(H,13,14)/t8-,10+/m1/s1. The second-order valence-corrected chi connectivity index (χ2v) is 3.83. The van der Waals surface area contributed by atoms with Gasteiger partial charge < -0.3 is 10.1 Å². The molecule has 1 saturated heterocycles. The summed E-state index contributed by atoms with van der Waals surface area (Å²) >= 11 is 0. The summed E-state index contributed by atoms with van der Waals surface area (Å²) in [5.41, 5.74) is 0.508. The predicted octanol–water partition coefficient (Wildman–Crippen LogP) is 0.978. The summed E-state index contributed by atoms with van der Waals surface area (Å²) in [7, 11) is 0. The molecule has 16 heavy (non-hydrogen) atoms. The Morgan fingerprint density at radius 2 is 2.12 bits per heavy atom. The largest absolute Gasteiger partial charge is 0.458 e. The number of rotatable bonds is 3. The van der Waals surface area contributed by atoms with E-state index in [4.69, 9.17) is 4.74 Å². The van der Waals surface area contributed by atoms with Gasteiger partial charge in [0.15, 0.2) is 0 Å². The van der Waals surface area contributed by atoms with Crippen LogP contribution in [0.3, 0.4) is 0 Å². The molecule has 0 radical (unpaired) electrons. The van der Waals surface area contributed by atoms with Gasteiger partial charge in [0.05, 0.1) is 11.5 Å². The minimum absolute atomic E-state index is 0.0478. The third-order valence-corrected chi connectivity index (χ3v) is 2.70. The molecule has 0 spiro atoms. The number of hydrogen-bond acceptors (Lipinski definition) is 3. The minimum Gasteiger partial charge on any atom is -0.458 e. The topological polar surface area (TPSA) is 55.4 Å². The average molecular weight is 219 g/mol. The highest BCUT2D eigenvalue weighted by Crippen LogP contribution is 2.15. The van der Waals surface area contributed by atoms with E-state index in [0.29, 0.717) is 12.1 Å². The summed E-state index contributed by atoms with van der Waals surface area (Å²) in [6, 6.07) is 8.76.